The number of nitrogens with zero attached hydrogens (tertiary/aromatic N) is 5. The highest BCUT2D eigenvalue weighted by molar-refractivity contribution is 5.80. The van der Waals surface area contributed by atoms with Crippen molar-refractivity contribution in [2.45, 2.75) is 26.2 Å². The van der Waals surface area contributed by atoms with Crippen molar-refractivity contribution >= 4 is 17.7 Å². The Bertz CT molecular complexity index is 979. The number of furan rings is 1. The maximum atomic E-state index is 13.1. The number of rotatable bonds is 7. The summed E-state index contributed by atoms with van der Waals surface area (Å²) in [5.74, 6) is 1.38. The van der Waals surface area contributed by atoms with Gasteiger partial charge in [-0.15, -0.1) is 0 Å². The predicted molar refractivity (Wildman–Crippen MR) is 120 cm³/mol. The van der Waals surface area contributed by atoms with Crippen LogP contribution in [0.15, 0.2) is 27.2 Å². The molecule has 1 N–H and O–H groups in total. The van der Waals surface area contributed by atoms with Crippen LogP contribution in [-0.2, 0) is 9.59 Å². The summed E-state index contributed by atoms with van der Waals surface area (Å²) in [6.07, 6.45) is 3.84. The Labute approximate surface area is 193 Å². The maximum absolute atomic E-state index is 13.1. The first kappa shape index (κ1) is 22.9. The first-order valence-corrected chi connectivity index (χ1v) is 11.6. The lowest BCUT2D eigenvalue weighted by molar-refractivity contribution is -0.138. The van der Waals surface area contributed by atoms with Crippen LogP contribution >= 0.6 is 0 Å². The molecule has 4 rings (SSSR count). The molecule has 10 heteroatoms. The van der Waals surface area contributed by atoms with E-state index in [-0.39, 0.29) is 29.3 Å². The van der Waals surface area contributed by atoms with Gasteiger partial charge in [0, 0.05) is 51.7 Å². The van der Waals surface area contributed by atoms with Crippen molar-refractivity contribution in [3.05, 3.63) is 24.1 Å². The topological polar surface area (TPSA) is 119 Å². The van der Waals surface area contributed by atoms with Crippen LogP contribution in [-0.4, -0.2) is 79.0 Å². The number of nitriles is 1. The van der Waals surface area contributed by atoms with Crippen LogP contribution in [0, 0.1) is 17.2 Å². The van der Waals surface area contributed by atoms with Crippen LogP contribution in [0.3, 0.4) is 0 Å². The normalized spacial score (nSPS) is 17.7. The summed E-state index contributed by atoms with van der Waals surface area (Å²) in [5, 5.41) is 12.4. The molecule has 176 valence electrons. The Morgan fingerprint density at radius 2 is 1.97 bits per heavy atom. The Morgan fingerprint density at radius 1 is 1.21 bits per heavy atom. The SMILES string of the molecule is CCCNC(=O)CN1CCN(C(=O)C2CCN(c3oc(-c4ccco4)nc3C#N)CC2)CC1. The van der Waals surface area contributed by atoms with Crippen molar-refractivity contribution in [3.63, 3.8) is 0 Å². The molecule has 0 bridgehead atoms. The summed E-state index contributed by atoms with van der Waals surface area (Å²) < 4.78 is 11.2. The van der Waals surface area contributed by atoms with Gasteiger partial charge in [-0.25, -0.2) is 0 Å². The number of carbonyl (C=O) groups excluding carboxylic acids is 2. The number of amides is 2. The average Bonchev–Trinajstić information content (AvgIpc) is 3.53. The van der Waals surface area contributed by atoms with Crippen molar-refractivity contribution in [3.8, 4) is 17.7 Å². The van der Waals surface area contributed by atoms with Crippen molar-refractivity contribution in [2.75, 3.05) is 57.3 Å². The van der Waals surface area contributed by atoms with Gasteiger partial charge >= 0.3 is 0 Å². The van der Waals surface area contributed by atoms with Crippen LogP contribution in [0.25, 0.3) is 11.7 Å². The number of aromatic nitrogens is 1. The van der Waals surface area contributed by atoms with Gasteiger partial charge in [0.1, 0.15) is 6.07 Å². The molecule has 0 radical (unpaired) electrons. The minimum absolute atomic E-state index is 0.0429. The van der Waals surface area contributed by atoms with Crippen molar-refractivity contribution < 1.29 is 18.4 Å². The smallest absolute Gasteiger partial charge is 0.266 e. The van der Waals surface area contributed by atoms with E-state index in [9.17, 15) is 14.9 Å². The van der Waals surface area contributed by atoms with E-state index >= 15 is 0 Å². The van der Waals surface area contributed by atoms with Gasteiger partial charge in [-0.3, -0.25) is 14.5 Å². The molecular weight excluding hydrogens is 424 g/mol. The van der Waals surface area contributed by atoms with E-state index in [1.54, 1.807) is 12.1 Å². The van der Waals surface area contributed by atoms with Crippen molar-refractivity contribution in [1.29, 1.82) is 5.26 Å². The van der Waals surface area contributed by atoms with Gasteiger partial charge in [-0.05, 0) is 31.4 Å². The molecule has 2 amide bonds. The number of piperazine rings is 1. The lowest BCUT2D eigenvalue weighted by atomic mass is 9.95. The number of carbonyl (C=O) groups is 2. The zero-order chi connectivity index (χ0) is 23.2. The van der Waals surface area contributed by atoms with E-state index in [2.05, 4.69) is 21.3 Å². The molecule has 4 heterocycles. The lowest BCUT2D eigenvalue weighted by Crippen LogP contribution is -2.53. The van der Waals surface area contributed by atoms with Gasteiger partial charge in [-0.2, -0.15) is 10.2 Å². The third kappa shape index (κ3) is 5.37. The maximum Gasteiger partial charge on any atom is 0.266 e. The molecule has 10 nitrogen and oxygen atoms in total. The fraction of sp³-hybridized carbons (Fsp3) is 0.565. The molecule has 2 aliphatic heterocycles. The van der Waals surface area contributed by atoms with E-state index in [4.69, 9.17) is 8.83 Å². The summed E-state index contributed by atoms with van der Waals surface area (Å²) in [5.41, 5.74) is 0.227. The molecule has 33 heavy (non-hydrogen) atoms. The Kier molecular flexibility index (Phi) is 7.29. The first-order chi connectivity index (χ1) is 16.1. The average molecular weight is 455 g/mol. The van der Waals surface area contributed by atoms with E-state index in [0.29, 0.717) is 76.8 Å². The summed E-state index contributed by atoms with van der Waals surface area (Å²) in [6.45, 7) is 7.07. The van der Waals surface area contributed by atoms with Crippen LogP contribution in [0.2, 0.25) is 0 Å². The summed E-state index contributed by atoms with van der Waals surface area (Å²) in [4.78, 5) is 35.2. The number of anilines is 1. The van der Waals surface area contributed by atoms with E-state index in [1.807, 2.05) is 16.7 Å². The van der Waals surface area contributed by atoms with E-state index in [1.165, 1.54) is 6.26 Å². The molecular formula is C23H30N6O4. The second-order valence-corrected chi connectivity index (χ2v) is 8.47. The van der Waals surface area contributed by atoms with Crippen LogP contribution in [0.4, 0.5) is 5.88 Å². The number of nitrogens with one attached hydrogen (secondary N) is 1. The second kappa shape index (κ2) is 10.5. The third-order valence-electron chi connectivity index (χ3n) is 6.20. The van der Waals surface area contributed by atoms with E-state index in [0.717, 1.165) is 6.42 Å². The fourth-order valence-electron chi connectivity index (χ4n) is 4.34. The van der Waals surface area contributed by atoms with Gasteiger partial charge in [0.25, 0.3) is 5.89 Å². The number of hydrogen-bond acceptors (Lipinski definition) is 8. The molecule has 2 aromatic heterocycles. The van der Waals surface area contributed by atoms with Gasteiger partial charge in [0.2, 0.25) is 23.4 Å². The zero-order valence-corrected chi connectivity index (χ0v) is 19.0. The van der Waals surface area contributed by atoms with Gasteiger partial charge in [0.05, 0.1) is 12.8 Å². The number of hydrogen-bond donors (Lipinski definition) is 1. The molecule has 2 fully saturated rings. The molecule has 2 aromatic rings. The highest BCUT2D eigenvalue weighted by Gasteiger charge is 2.32. The third-order valence-corrected chi connectivity index (χ3v) is 6.20. The molecule has 0 atom stereocenters. The van der Waals surface area contributed by atoms with Gasteiger partial charge in [0.15, 0.2) is 5.76 Å². The molecule has 0 saturated carbocycles. The molecule has 2 saturated heterocycles. The Morgan fingerprint density at radius 3 is 2.61 bits per heavy atom. The van der Waals surface area contributed by atoms with Crippen molar-refractivity contribution in [2.24, 2.45) is 5.92 Å². The largest absolute Gasteiger partial charge is 0.459 e. The first-order valence-electron chi connectivity index (χ1n) is 11.6. The van der Waals surface area contributed by atoms with Gasteiger partial charge in [-0.1, -0.05) is 6.92 Å². The highest BCUT2D eigenvalue weighted by atomic mass is 16.4. The minimum Gasteiger partial charge on any atom is -0.459 e. The molecule has 0 unspecified atom stereocenters. The second-order valence-electron chi connectivity index (χ2n) is 8.47. The Balaban J connectivity index is 1.27. The molecule has 0 spiro atoms. The summed E-state index contributed by atoms with van der Waals surface area (Å²) >= 11 is 0. The number of oxazole rings is 1. The van der Waals surface area contributed by atoms with Crippen molar-refractivity contribution in [1.82, 2.24) is 20.1 Å². The monoisotopic (exact) mass is 454 g/mol. The zero-order valence-electron chi connectivity index (χ0n) is 19.0. The quantitative estimate of drug-likeness (QED) is 0.671. The van der Waals surface area contributed by atoms with Crippen LogP contribution < -0.4 is 10.2 Å². The lowest BCUT2D eigenvalue weighted by Gasteiger charge is -2.38. The standard InChI is InChI=1S/C23H30N6O4/c1-2-7-25-20(30)16-27-10-12-28(13-11-27)22(31)17-5-8-29(9-6-17)23-18(15-24)26-21(33-23)19-4-3-14-32-19/h3-4,14,17H,2,5-13,16H2,1H3,(H,25,30). The highest BCUT2D eigenvalue weighted by Crippen LogP contribution is 2.31. The molecule has 0 aromatic carbocycles. The molecule has 0 aliphatic carbocycles. The predicted octanol–water partition coefficient (Wildman–Crippen LogP) is 1.69. The molecule has 2 aliphatic rings. The number of piperidine rings is 1. The van der Waals surface area contributed by atoms with Crippen LogP contribution in [0.1, 0.15) is 31.9 Å². The van der Waals surface area contributed by atoms with E-state index < -0.39 is 0 Å². The summed E-state index contributed by atoms with van der Waals surface area (Å²) in [7, 11) is 0. The van der Waals surface area contributed by atoms with Crippen LogP contribution in [0.5, 0.6) is 0 Å². The van der Waals surface area contributed by atoms with Gasteiger partial charge < -0.3 is 24.0 Å². The summed E-state index contributed by atoms with van der Waals surface area (Å²) in [6, 6.07) is 5.57. The minimum atomic E-state index is -0.0429. The Hall–Kier alpha value is -3.32. The fourth-order valence-corrected chi connectivity index (χ4v) is 4.34.